The first kappa shape index (κ1) is 16.4. The Labute approximate surface area is 116 Å². The molecule has 0 radical (unpaired) electrons. The van der Waals surface area contributed by atoms with Crippen molar-refractivity contribution in [3.8, 4) is 0 Å². The molecule has 0 aromatic heterocycles. The van der Waals surface area contributed by atoms with Crippen LogP contribution in [0.2, 0.25) is 0 Å². The fourth-order valence-electron chi connectivity index (χ4n) is 2.06. The monoisotopic (exact) mass is 272 g/mol. The smallest absolute Gasteiger partial charge is 0.248 e. The second-order valence-corrected chi connectivity index (χ2v) is 4.96. The minimum atomic E-state index is 0.0989. The molecule has 2 heterocycles. The Morgan fingerprint density at radius 3 is 2.42 bits per heavy atom. The molecule has 0 aromatic rings. The SMILES string of the molecule is CCC.O=C(COC1CCNCC1)N1CCOCC1. The summed E-state index contributed by atoms with van der Waals surface area (Å²) < 4.78 is 10.8. The Bertz CT molecular complexity index is 237. The van der Waals surface area contributed by atoms with Crippen molar-refractivity contribution in [1.82, 2.24) is 10.2 Å². The van der Waals surface area contributed by atoms with Gasteiger partial charge in [-0.3, -0.25) is 4.79 Å². The van der Waals surface area contributed by atoms with Gasteiger partial charge in [0, 0.05) is 13.1 Å². The molecule has 19 heavy (non-hydrogen) atoms. The molecule has 0 bridgehead atoms. The predicted octanol–water partition coefficient (Wildman–Crippen LogP) is 1.03. The predicted molar refractivity (Wildman–Crippen MR) is 75.2 cm³/mol. The quantitative estimate of drug-likeness (QED) is 0.834. The van der Waals surface area contributed by atoms with Gasteiger partial charge in [0.25, 0.3) is 0 Å². The van der Waals surface area contributed by atoms with E-state index in [1.54, 1.807) is 0 Å². The van der Waals surface area contributed by atoms with Crippen LogP contribution in [0.4, 0.5) is 0 Å². The fourth-order valence-corrected chi connectivity index (χ4v) is 2.06. The molecule has 0 saturated carbocycles. The summed E-state index contributed by atoms with van der Waals surface area (Å²) >= 11 is 0. The van der Waals surface area contributed by atoms with Crippen molar-refractivity contribution in [2.75, 3.05) is 46.0 Å². The van der Waals surface area contributed by atoms with Gasteiger partial charge in [0.05, 0.1) is 19.3 Å². The average molecular weight is 272 g/mol. The van der Waals surface area contributed by atoms with Gasteiger partial charge in [-0.1, -0.05) is 20.3 Å². The van der Waals surface area contributed by atoms with Gasteiger partial charge < -0.3 is 19.7 Å². The summed E-state index contributed by atoms with van der Waals surface area (Å²) in [6, 6.07) is 0. The normalized spacial score (nSPS) is 20.6. The molecule has 0 aromatic carbocycles. The van der Waals surface area contributed by atoms with Crippen LogP contribution in [0.1, 0.15) is 33.1 Å². The van der Waals surface area contributed by atoms with Gasteiger partial charge in [0.15, 0.2) is 0 Å². The zero-order valence-electron chi connectivity index (χ0n) is 12.3. The van der Waals surface area contributed by atoms with Gasteiger partial charge in [-0.25, -0.2) is 0 Å². The highest BCUT2D eigenvalue weighted by Gasteiger charge is 2.19. The van der Waals surface area contributed by atoms with Crippen LogP contribution in [0, 0.1) is 0 Å². The molecule has 2 aliphatic heterocycles. The minimum absolute atomic E-state index is 0.0989. The first-order chi connectivity index (χ1) is 9.27. The van der Waals surface area contributed by atoms with Gasteiger partial charge >= 0.3 is 0 Å². The maximum atomic E-state index is 11.8. The van der Waals surface area contributed by atoms with E-state index in [1.807, 2.05) is 4.90 Å². The van der Waals surface area contributed by atoms with E-state index in [-0.39, 0.29) is 18.6 Å². The Morgan fingerprint density at radius 1 is 1.26 bits per heavy atom. The van der Waals surface area contributed by atoms with Gasteiger partial charge in [-0.2, -0.15) is 0 Å². The molecule has 5 nitrogen and oxygen atoms in total. The summed E-state index contributed by atoms with van der Waals surface area (Å²) in [7, 11) is 0. The van der Waals surface area contributed by atoms with Crippen LogP contribution in [0.5, 0.6) is 0 Å². The van der Waals surface area contributed by atoms with Crippen molar-refractivity contribution in [2.45, 2.75) is 39.2 Å². The highest BCUT2D eigenvalue weighted by atomic mass is 16.5. The zero-order valence-corrected chi connectivity index (χ0v) is 12.3. The Hall–Kier alpha value is -0.650. The van der Waals surface area contributed by atoms with E-state index in [4.69, 9.17) is 9.47 Å². The van der Waals surface area contributed by atoms with E-state index in [1.165, 1.54) is 6.42 Å². The first-order valence-electron chi connectivity index (χ1n) is 7.45. The number of hydrogen-bond donors (Lipinski definition) is 1. The largest absolute Gasteiger partial charge is 0.378 e. The van der Waals surface area contributed by atoms with E-state index < -0.39 is 0 Å². The number of carbonyl (C=O) groups is 1. The van der Waals surface area contributed by atoms with Gasteiger partial charge in [0.2, 0.25) is 5.91 Å². The van der Waals surface area contributed by atoms with Crippen molar-refractivity contribution >= 4 is 5.91 Å². The second kappa shape index (κ2) is 10.2. The van der Waals surface area contributed by atoms with Crippen molar-refractivity contribution in [3.63, 3.8) is 0 Å². The molecule has 1 amide bonds. The lowest BCUT2D eigenvalue weighted by Gasteiger charge is -2.28. The van der Waals surface area contributed by atoms with Gasteiger partial charge in [0.1, 0.15) is 6.61 Å². The van der Waals surface area contributed by atoms with E-state index in [2.05, 4.69) is 19.2 Å². The molecule has 2 fully saturated rings. The molecule has 2 saturated heterocycles. The van der Waals surface area contributed by atoms with Crippen molar-refractivity contribution < 1.29 is 14.3 Å². The van der Waals surface area contributed by atoms with Crippen molar-refractivity contribution in [1.29, 1.82) is 0 Å². The lowest BCUT2D eigenvalue weighted by Crippen LogP contribution is -2.43. The molecule has 0 spiro atoms. The van der Waals surface area contributed by atoms with Crippen LogP contribution in [0.25, 0.3) is 0 Å². The standard InChI is InChI=1S/C11H20N2O3.C3H8/c14-11(13-5-7-15-8-6-13)9-16-10-1-3-12-4-2-10;1-3-2/h10,12H,1-9H2;3H2,1-2H3. The molecule has 5 heteroatoms. The van der Waals surface area contributed by atoms with Crippen molar-refractivity contribution in [3.05, 3.63) is 0 Å². The summed E-state index contributed by atoms with van der Waals surface area (Å²) in [5, 5.41) is 3.27. The molecule has 2 rings (SSSR count). The highest BCUT2D eigenvalue weighted by molar-refractivity contribution is 5.77. The fraction of sp³-hybridized carbons (Fsp3) is 0.929. The minimum Gasteiger partial charge on any atom is -0.378 e. The van der Waals surface area contributed by atoms with Gasteiger partial charge in [-0.15, -0.1) is 0 Å². The highest BCUT2D eigenvalue weighted by Crippen LogP contribution is 2.07. The molecule has 112 valence electrons. The van der Waals surface area contributed by atoms with Crippen LogP contribution in [-0.2, 0) is 14.3 Å². The molecule has 2 aliphatic rings. The number of amides is 1. The number of nitrogens with one attached hydrogen (secondary N) is 1. The maximum absolute atomic E-state index is 11.8. The van der Waals surface area contributed by atoms with Crippen LogP contribution >= 0.6 is 0 Å². The summed E-state index contributed by atoms with van der Waals surface area (Å²) in [6.45, 7) is 9.18. The van der Waals surface area contributed by atoms with E-state index in [0.717, 1.165) is 25.9 Å². The Kier molecular flexibility index (Phi) is 8.79. The van der Waals surface area contributed by atoms with Crippen LogP contribution in [0.15, 0.2) is 0 Å². The Morgan fingerprint density at radius 2 is 1.84 bits per heavy atom. The van der Waals surface area contributed by atoms with E-state index in [9.17, 15) is 4.79 Å². The summed E-state index contributed by atoms with van der Waals surface area (Å²) in [6.07, 6.45) is 3.53. The average Bonchev–Trinajstić information content (AvgIpc) is 2.47. The molecule has 1 N–H and O–H groups in total. The number of piperidine rings is 1. The number of rotatable bonds is 3. The molecular formula is C14H28N2O3. The molecule has 0 aliphatic carbocycles. The number of morpholine rings is 1. The van der Waals surface area contributed by atoms with Crippen LogP contribution in [-0.4, -0.2) is 62.9 Å². The molecular weight excluding hydrogens is 244 g/mol. The van der Waals surface area contributed by atoms with Crippen molar-refractivity contribution in [2.24, 2.45) is 0 Å². The maximum Gasteiger partial charge on any atom is 0.248 e. The molecule has 0 unspecified atom stereocenters. The van der Waals surface area contributed by atoms with Gasteiger partial charge in [-0.05, 0) is 25.9 Å². The van der Waals surface area contributed by atoms with Crippen LogP contribution in [0.3, 0.4) is 0 Å². The summed E-state index contributed by atoms with van der Waals surface area (Å²) in [5.74, 6) is 0.0989. The zero-order chi connectivity index (χ0) is 13.9. The number of carbonyl (C=O) groups excluding carboxylic acids is 1. The van der Waals surface area contributed by atoms with Crippen LogP contribution < -0.4 is 5.32 Å². The third-order valence-corrected chi connectivity index (χ3v) is 3.09. The third kappa shape index (κ3) is 6.89. The number of ether oxygens (including phenoxy) is 2. The lowest BCUT2D eigenvalue weighted by molar-refractivity contribution is -0.142. The topological polar surface area (TPSA) is 50.8 Å². The lowest BCUT2D eigenvalue weighted by atomic mass is 10.1. The number of nitrogens with zero attached hydrogens (tertiary/aromatic N) is 1. The second-order valence-electron chi connectivity index (χ2n) is 4.96. The third-order valence-electron chi connectivity index (χ3n) is 3.09. The summed E-state index contributed by atoms with van der Waals surface area (Å²) in [5.41, 5.74) is 0. The first-order valence-corrected chi connectivity index (χ1v) is 7.45. The Balaban J connectivity index is 0.000000550. The molecule has 0 atom stereocenters. The van der Waals surface area contributed by atoms with E-state index >= 15 is 0 Å². The number of hydrogen-bond acceptors (Lipinski definition) is 4. The van der Waals surface area contributed by atoms with E-state index in [0.29, 0.717) is 26.3 Å². The summed E-state index contributed by atoms with van der Waals surface area (Å²) in [4.78, 5) is 13.6.